The zero-order valence-corrected chi connectivity index (χ0v) is 16.6. The Kier molecular flexibility index (Phi) is 7.29. The van der Waals surface area contributed by atoms with Gasteiger partial charge in [0.2, 0.25) is 5.91 Å². The molecule has 8 heteroatoms. The van der Waals surface area contributed by atoms with Gasteiger partial charge in [0.1, 0.15) is 11.5 Å². The third-order valence-corrected chi connectivity index (χ3v) is 4.26. The highest BCUT2D eigenvalue weighted by molar-refractivity contribution is 9.10. The number of amides is 2. The molecule has 2 amide bonds. The van der Waals surface area contributed by atoms with E-state index < -0.39 is 0 Å². The van der Waals surface area contributed by atoms with E-state index in [2.05, 4.69) is 26.6 Å². The normalized spacial score (nSPS) is 10.2. The van der Waals surface area contributed by atoms with E-state index in [-0.39, 0.29) is 24.8 Å². The van der Waals surface area contributed by atoms with Gasteiger partial charge in [0.05, 0.1) is 24.9 Å². The van der Waals surface area contributed by atoms with Crippen LogP contribution in [0.2, 0.25) is 5.02 Å². The highest BCUT2D eigenvalue weighted by Gasteiger charge is 2.11. The lowest BCUT2D eigenvalue weighted by Gasteiger charge is -2.10. The Bertz CT molecular complexity index is 792. The fraction of sp³-hybridized carbons (Fsp3) is 0.222. The fourth-order valence-corrected chi connectivity index (χ4v) is 2.85. The van der Waals surface area contributed by atoms with Crippen molar-refractivity contribution in [1.29, 1.82) is 0 Å². The van der Waals surface area contributed by atoms with Crippen molar-refractivity contribution >= 4 is 45.0 Å². The van der Waals surface area contributed by atoms with Gasteiger partial charge in [0.25, 0.3) is 5.91 Å². The molecule has 2 aromatic rings. The number of carbonyl (C=O) groups is 2. The van der Waals surface area contributed by atoms with Crippen LogP contribution in [0.15, 0.2) is 40.9 Å². The third kappa shape index (κ3) is 5.64. The van der Waals surface area contributed by atoms with Crippen LogP contribution in [0, 0.1) is 0 Å². The maximum absolute atomic E-state index is 12.2. The molecule has 0 aliphatic heterocycles. The van der Waals surface area contributed by atoms with Gasteiger partial charge in [0, 0.05) is 29.1 Å². The molecule has 0 aromatic heterocycles. The van der Waals surface area contributed by atoms with Crippen LogP contribution in [0.5, 0.6) is 11.5 Å². The molecule has 2 rings (SSSR count). The molecule has 138 valence electrons. The van der Waals surface area contributed by atoms with Gasteiger partial charge in [-0.3, -0.25) is 9.59 Å². The smallest absolute Gasteiger partial charge is 0.251 e. The molecule has 0 heterocycles. The molecule has 0 radical (unpaired) electrons. The summed E-state index contributed by atoms with van der Waals surface area (Å²) in [4.78, 5) is 24.2. The van der Waals surface area contributed by atoms with Crippen molar-refractivity contribution in [3.8, 4) is 11.5 Å². The summed E-state index contributed by atoms with van der Waals surface area (Å²) >= 11 is 9.36. The van der Waals surface area contributed by atoms with E-state index in [9.17, 15) is 9.59 Å². The predicted octanol–water partition coefficient (Wildman–Crippen LogP) is 3.88. The van der Waals surface area contributed by atoms with E-state index in [1.165, 1.54) is 14.2 Å². The molecule has 0 atom stereocenters. The van der Waals surface area contributed by atoms with Gasteiger partial charge < -0.3 is 20.1 Å². The van der Waals surface area contributed by atoms with Crippen molar-refractivity contribution in [3.05, 3.63) is 51.5 Å². The first-order valence-corrected chi connectivity index (χ1v) is 8.86. The monoisotopic (exact) mass is 440 g/mol. The summed E-state index contributed by atoms with van der Waals surface area (Å²) in [6.07, 6.45) is 0.110. The summed E-state index contributed by atoms with van der Waals surface area (Å²) in [6, 6.07) is 10.0. The van der Waals surface area contributed by atoms with Gasteiger partial charge in [-0.1, -0.05) is 27.5 Å². The number of hydrogen-bond donors (Lipinski definition) is 2. The number of ether oxygens (including phenoxy) is 2. The predicted molar refractivity (Wildman–Crippen MR) is 104 cm³/mol. The molecular formula is C18H18BrClN2O4. The zero-order chi connectivity index (χ0) is 19.1. The van der Waals surface area contributed by atoms with Crippen molar-refractivity contribution in [2.75, 3.05) is 26.1 Å². The lowest BCUT2D eigenvalue weighted by atomic mass is 10.2. The van der Waals surface area contributed by atoms with E-state index >= 15 is 0 Å². The summed E-state index contributed by atoms with van der Waals surface area (Å²) in [7, 11) is 3.02. The van der Waals surface area contributed by atoms with Crippen molar-refractivity contribution in [3.63, 3.8) is 0 Å². The topological polar surface area (TPSA) is 76.7 Å². The van der Waals surface area contributed by atoms with Crippen LogP contribution in [0.4, 0.5) is 5.69 Å². The molecule has 0 spiro atoms. The fourth-order valence-electron chi connectivity index (χ4n) is 2.13. The molecular weight excluding hydrogens is 424 g/mol. The average molecular weight is 442 g/mol. The minimum Gasteiger partial charge on any atom is -0.497 e. The summed E-state index contributed by atoms with van der Waals surface area (Å²) in [5.74, 6) is 0.448. The van der Waals surface area contributed by atoms with Gasteiger partial charge in [-0.15, -0.1) is 0 Å². The van der Waals surface area contributed by atoms with Crippen LogP contribution >= 0.6 is 27.5 Å². The lowest BCUT2D eigenvalue weighted by molar-refractivity contribution is -0.116. The van der Waals surface area contributed by atoms with Crippen molar-refractivity contribution < 1.29 is 19.1 Å². The van der Waals surface area contributed by atoms with Gasteiger partial charge in [0.15, 0.2) is 0 Å². The average Bonchev–Trinajstić information content (AvgIpc) is 2.63. The van der Waals surface area contributed by atoms with Crippen LogP contribution in [-0.2, 0) is 4.79 Å². The SMILES string of the molecule is COc1cc(OC)cc(C(=O)NCCC(=O)Nc2ccc(Br)cc2Cl)c1. The van der Waals surface area contributed by atoms with Crippen LogP contribution in [0.1, 0.15) is 16.8 Å². The molecule has 0 bridgehead atoms. The zero-order valence-electron chi connectivity index (χ0n) is 14.3. The van der Waals surface area contributed by atoms with Crippen molar-refractivity contribution in [2.45, 2.75) is 6.42 Å². The second-order valence-corrected chi connectivity index (χ2v) is 6.60. The summed E-state index contributed by atoms with van der Waals surface area (Å²) in [5.41, 5.74) is 0.904. The number of rotatable bonds is 7. The van der Waals surface area contributed by atoms with Crippen LogP contribution in [0.3, 0.4) is 0 Å². The number of methoxy groups -OCH3 is 2. The molecule has 2 N–H and O–H groups in total. The van der Waals surface area contributed by atoms with E-state index in [1.54, 1.807) is 36.4 Å². The molecule has 0 saturated heterocycles. The highest BCUT2D eigenvalue weighted by atomic mass is 79.9. The first-order chi connectivity index (χ1) is 12.4. The lowest BCUT2D eigenvalue weighted by Crippen LogP contribution is -2.27. The third-order valence-electron chi connectivity index (χ3n) is 3.46. The Morgan fingerprint density at radius 2 is 1.73 bits per heavy atom. The van der Waals surface area contributed by atoms with Crippen LogP contribution < -0.4 is 20.1 Å². The molecule has 6 nitrogen and oxygen atoms in total. The second-order valence-electron chi connectivity index (χ2n) is 5.28. The van der Waals surface area contributed by atoms with E-state index in [0.29, 0.717) is 27.8 Å². The molecule has 0 saturated carbocycles. The highest BCUT2D eigenvalue weighted by Crippen LogP contribution is 2.25. The first-order valence-electron chi connectivity index (χ1n) is 7.69. The van der Waals surface area contributed by atoms with Crippen LogP contribution in [0.25, 0.3) is 0 Å². The minimum absolute atomic E-state index is 0.110. The van der Waals surface area contributed by atoms with Gasteiger partial charge >= 0.3 is 0 Å². The Hall–Kier alpha value is -2.25. The number of benzene rings is 2. The number of hydrogen-bond acceptors (Lipinski definition) is 4. The second kappa shape index (κ2) is 9.45. The molecule has 26 heavy (non-hydrogen) atoms. The molecule has 0 aliphatic carbocycles. The standard InChI is InChI=1S/C18H18BrClN2O4/c1-25-13-7-11(8-14(10-13)26-2)18(24)21-6-5-17(23)22-16-4-3-12(19)9-15(16)20/h3-4,7-10H,5-6H2,1-2H3,(H,21,24)(H,22,23). The Balaban J connectivity index is 1.88. The van der Waals surface area contributed by atoms with Gasteiger partial charge in [-0.2, -0.15) is 0 Å². The maximum atomic E-state index is 12.2. The van der Waals surface area contributed by atoms with E-state index in [4.69, 9.17) is 21.1 Å². The van der Waals surface area contributed by atoms with Crippen molar-refractivity contribution in [1.82, 2.24) is 5.32 Å². The summed E-state index contributed by atoms with van der Waals surface area (Å²) in [5, 5.41) is 5.83. The van der Waals surface area contributed by atoms with Gasteiger partial charge in [-0.05, 0) is 30.3 Å². The summed E-state index contributed by atoms with van der Waals surface area (Å²) in [6.45, 7) is 0.179. The van der Waals surface area contributed by atoms with Crippen molar-refractivity contribution in [2.24, 2.45) is 0 Å². The molecule has 2 aromatic carbocycles. The van der Waals surface area contributed by atoms with Gasteiger partial charge in [-0.25, -0.2) is 0 Å². The number of anilines is 1. The minimum atomic E-state index is -0.323. The maximum Gasteiger partial charge on any atom is 0.251 e. The number of nitrogens with one attached hydrogen (secondary N) is 2. The molecule has 0 unspecified atom stereocenters. The van der Waals surface area contributed by atoms with E-state index in [0.717, 1.165) is 4.47 Å². The Morgan fingerprint density at radius 1 is 1.08 bits per heavy atom. The summed E-state index contributed by atoms with van der Waals surface area (Å²) < 4.78 is 11.1. The number of halogens is 2. The number of carbonyl (C=O) groups excluding carboxylic acids is 2. The largest absolute Gasteiger partial charge is 0.497 e. The Morgan fingerprint density at radius 3 is 2.31 bits per heavy atom. The first kappa shape index (κ1) is 20.1. The van der Waals surface area contributed by atoms with E-state index in [1.807, 2.05) is 0 Å². The molecule has 0 fully saturated rings. The molecule has 0 aliphatic rings. The van der Waals surface area contributed by atoms with Crippen LogP contribution in [-0.4, -0.2) is 32.6 Å². The Labute approximate surface area is 164 Å². The quantitative estimate of drug-likeness (QED) is 0.684.